The summed E-state index contributed by atoms with van der Waals surface area (Å²) in [5, 5.41) is 3.33. The molecule has 0 radical (unpaired) electrons. The first-order valence-corrected chi connectivity index (χ1v) is 4.27. The maximum Gasteiger partial charge on any atom is 0.142 e. The molecular weight excluding hydrogens is 150 g/mol. The van der Waals surface area contributed by atoms with E-state index in [1.165, 1.54) is 5.56 Å². The molecule has 0 aliphatic carbocycles. The molecule has 1 unspecified atom stereocenters. The van der Waals surface area contributed by atoms with E-state index in [0.717, 1.165) is 18.0 Å². The van der Waals surface area contributed by atoms with Gasteiger partial charge in [0, 0.05) is 0 Å². The monoisotopic (exact) mass is 163 g/mol. The van der Waals surface area contributed by atoms with Gasteiger partial charge in [-0.05, 0) is 31.5 Å². The first kappa shape index (κ1) is 7.47. The van der Waals surface area contributed by atoms with Crippen molar-refractivity contribution in [3.63, 3.8) is 0 Å². The fourth-order valence-electron chi connectivity index (χ4n) is 1.40. The van der Waals surface area contributed by atoms with Crippen LogP contribution in [0, 0.1) is 6.92 Å². The predicted octanol–water partition coefficient (Wildman–Crippen LogP) is 2.19. The molecule has 1 N–H and O–H groups in total. The highest BCUT2D eigenvalue weighted by atomic mass is 16.5. The van der Waals surface area contributed by atoms with Crippen molar-refractivity contribution in [3.05, 3.63) is 23.8 Å². The maximum atomic E-state index is 5.62. The van der Waals surface area contributed by atoms with Gasteiger partial charge in [-0.25, -0.2) is 0 Å². The Morgan fingerprint density at radius 2 is 2.33 bits per heavy atom. The molecule has 0 bridgehead atoms. The van der Waals surface area contributed by atoms with Crippen molar-refractivity contribution >= 4 is 5.69 Å². The normalized spacial score (nSPS) is 20.7. The fraction of sp³-hybridized carbons (Fsp3) is 0.400. The van der Waals surface area contributed by atoms with Crippen LogP contribution in [0.1, 0.15) is 12.5 Å². The van der Waals surface area contributed by atoms with Crippen LogP contribution in [-0.4, -0.2) is 12.6 Å². The minimum absolute atomic E-state index is 0.278. The highest BCUT2D eigenvalue weighted by Gasteiger charge is 2.14. The van der Waals surface area contributed by atoms with E-state index in [0.29, 0.717) is 0 Å². The zero-order valence-corrected chi connectivity index (χ0v) is 7.42. The second kappa shape index (κ2) is 2.70. The summed E-state index contributed by atoms with van der Waals surface area (Å²) >= 11 is 0. The third kappa shape index (κ3) is 1.24. The molecule has 1 heterocycles. The zero-order valence-electron chi connectivity index (χ0n) is 7.42. The van der Waals surface area contributed by atoms with Gasteiger partial charge in [-0.3, -0.25) is 0 Å². The Kier molecular flexibility index (Phi) is 1.68. The Hall–Kier alpha value is -1.18. The number of fused-ring (bicyclic) bond motifs is 1. The Bertz CT molecular complexity index is 296. The van der Waals surface area contributed by atoms with Gasteiger partial charge in [-0.2, -0.15) is 0 Å². The lowest BCUT2D eigenvalue weighted by Crippen LogP contribution is -2.27. The lowest BCUT2D eigenvalue weighted by Gasteiger charge is -2.24. The van der Waals surface area contributed by atoms with Crippen molar-refractivity contribution in [2.45, 2.75) is 20.0 Å². The number of hydrogen-bond donors (Lipinski definition) is 1. The summed E-state index contributed by atoms with van der Waals surface area (Å²) in [6.45, 7) is 5.05. The second-order valence-electron chi connectivity index (χ2n) is 3.31. The number of benzene rings is 1. The molecule has 1 aliphatic heterocycles. The standard InChI is InChI=1S/C10H13NO/c1-7-3-4-10-9(5-7)11-6-8(2)12-10/h3-5,8,11H,6H2,1-2H3. The summed E-state index contributed by atoms with van der Waals surface area (Å²) in [6, 6.07) is 6.20. The van der Waals surface area contributed by atoms with Gasteiger partial charge in [0.15, 0.2) is 0 Å². The van der Waals surface area contributed by atoms with Crippen LogP contribution in [0.25, 0.3) is 0 Å². The highest BCUT2D eigenvalue weighted by Crippen LogP contribution is 2.29. The van der Waals surface area contributed by atoms with E-state index in [4.69, 9.17) is 4.74 Å². The summed E-state index contributed by atoms with van der Waals surface area (Å²) in [5.74, 6) is 0.972. The van der Waals surface area contributed by atoms with Crippen LogP contribution in [0.5, 0.6) is 5.75 Å². The Balaban J connectivity index is 2.37. The van der Waals surface area contributed by atoms with Gasteiger partial charge >= 0.3 is 0 Å². The zero-order chi connectivity index (χ0) is 8.55. The van der Waals surface area contributed by atoms with E-state index in [1.807, 2.05) is 6.07 Å². The van der Waals surface area contributed by atoms with Gasteiger partial charge in [0.25, 0.3) is 0 Å². The molecule has 2 heteroatoms. The van der Waals surface area contributed by atoms with Crippen molar-refractivity contribution in [2.75, 3.05) is 11.9 Å². The van der Waals surface area contributed by atoms with Crippen molar-refractivity contribution in [2.24, 2.45) is 0 Å². The van der Waals surface area contributed by atoms with Crippen LogP contribution in [0.2, 0.25) is 0 Å². The van der Waals surface area contributed by atoms with E-state index in [2.05, 4.69) is 31.3 Å². The Morgan fingerprint density at radius 3 is 3.17 bits per heavy atom. The van der Waals surface area contributed by atoms with Crippen LogP contribution in [0.4, 0.5) is 5.69 Å². The summed E-state index contributed by atoms with van der Waals surface area (Å²) in [7, 11) is 0. The van der Waals surface area contributed by atoms with Crippen LogP contribution in [0.15, 0.2) is 18.2 Å². The molecule has 2 rings (SSSR count). The van der Waals surface area contributed by atoms with E-state index in [9.17, 15) is 0 Å². The molecule has 12 heavy (non-hydrogen) atoms. The molecule has 1 atom stereocenters. The number of nitrogens with one attached hydrogen (secondary N) is 1. The van der Waals surface area contributed by atoms with Gasteiger partial charge in [-0.1, -0.05) is 6.07 Å². The molecule has 0 fully saturated rings. The van der Waals surface area contributed by atoms with Gasteiger partial charge in [0.1, 0.15) is 11.9 Å². The molecular formula is C10H13NO. The molecule has 64 valence electrons. The summed E-state index contributed by atoms with van der Waals surface area (Å²) in [4.78, 5) is 0. The molecule has 0 aromatic heterocycles. The smallest absolute Gasteiger partial charge is 0.142 e. The predicted molar refractivity (Wildman–Crippen MR) is 49.8 cm³/mol. The molecule has 0 amide bonds. The van der Waals surface area contributed by atoms with Crippen molar-refractivity contribution in [1.29, 1.82) is 0 Å². The van der Waals surface area contributed by atoms with Crippen LogP contribution in [0.3, 0.4) is 0 Å². The van der Waals surface area contributed by atoms with E-state index in [-0.39, 0.29) is 6.10 Å². The largest absolute Gasteiger partial charge is 0.487 e. The molecule has 1 aromatic rings. The van der Waals surface area contributed by atoms with Crippen LogP contribution in [-0.2, 0) is 0 Å². The quantitative estimate of drug-likeness (QED) is 0.633. The average molecular weight is 163 g/mol. The van der Waals surface area contributed by atoms with Gasteiger partial charge in [0.2, 0.25) is 0 Å². The number of anilines is 1. The molecule has 1 aliphatic rings. The van der Waals surface area contributed by atoms with E-state index >= 15 is 0 Å². The first-order chi connectivity index (χ1) is 5.75. The molecule has 0 saturated heterocycles. The molecule has 0 saturated carbocycles. The molecule has 1 aromatic carbocycles. The fourth-order valence-corrected chi connectivity index (χ4v) is 1.40. The summed E-state index contributed by atoms with van der Waals surface area (Å²) in [5.41, 5.74) is 2.38. The number of rotatable bonds is 0. The van der Waals surface area contributed by atoms with Crippen molar-refractivity contribution < 1.29 is 4.74 Å². The average Bonchev–Trinajstić information content (AvgIpc) is 2.05. The second-order valence-corrected chi connectivity index (χ2v) is 3.31. The third-order valence-corrected chi connectivity index (χ3v) is 2.04. The van der Waals surface area contributed by atoms with E-state index in [1.54, 1.807) is 0 Å². The number of hydrogen-bond acceptors (Lipinski definition) is 2. The lowest BCUT2D eigenvalue weighted by atomic mass is 10.2. The van der Waals surface area contributed by atoms with Crippen LogP contribution >= 0.6 is 0 Å². The number of ether oxygens (including phenoxy) is 1. The third-order valence-electron chi connectivity index (χ3n) is 2.04. The maximum absolute atomic E-state index is 5.62. The number of aryl methyl sites for hydroxylation is 1. The minimum Gasteiger partial charge on any atom is -0.487 e. The van der Waals surface area contributed by atoms with E-state index < -0.39 is 0 Å². The summed E-state index contributed by atoms with van der Waals surface area (Å²) < 4.78 is 5.62. The van der Waals surface area contributed by atoms with Crippen LogP contribution < -0.4 is 10.1 Å². The van der Waals surface area contributed by atoms with Gasteiger partial charge < -0.3 is 10.1 Å². The van der Waals surface area contributed by atoms with Crippen molar-refractivity contribution in [3.8, 4) is 5.75 Å². The first-order valence-electron chi connectivity index (χ1n) is 4.27. The Labute approximate surface area is 72.5 Å². The van der Waals surface area contributed by atoms with Gasteiger partial charge in [-0.15, -0.1) is 0 Å². The SMILES string of the molecule is Cc1ccc2c(c1)NCC(C)O2. The minimum atomic E-state index is 0.278. The topological polar surface area (TPSA) is 21.3 Å². The summed E-state index contributed by atoms with van der Waals surface area (Å²) in [6.07, 6.45) is 0.278. The lowest BCUT2D eigenvalue weighted by molar-refractivity contribution is 0.226. The molecule has 0 spiro atoms. The molecule has 2 nitrogen and oxygen atoms in total. The highest BCUT2D eigenvalue weighted by molar-refractivity contribution is 5.59. The van der Waals surface area contributed by atoms with Gasteiger partial charge in [0.05, 0.1) is 12.2 Å². The Morgan fingerprint density at radius 1 is 1.50 bits per heavy atom. The van der Waals surface area contributed by atoms with Crippen molar-refractivity contribution in [1.82, 2.24) is 0 Å².